The predicted molar refractivity (Wildman–Crippen MR) is 91.5 cm³/mol. The quantitative estimate of drug-likeness (QED) is 0.786. The van der Waals surface area contributed by atoms with Crippen molar-refractivity contribution >= 4 is 28.2 Å². The van der Waals surface area contributed by atoms with Crippen LogP contribution in [0.2, 0.25) is 5.02 Å². The van der Waals surface area contributed by atoms with Crippen molar-refractivity contribution in [2.75, 3.05) is 11.9 Å². The molecule has 0 atom stereocenters. The fourth-order valence-electron chi connectivity index (χ4n) is 3.28. The van der Waals surface area contributed by atoms with E-state index in [0.717, 1.165) is 28.9 Å². The Hall–Kier alpha value is -1.28. The smallest absolute Gasteiger partial charge is 0.0912 e. The van der Waals surface area contributed by atoms with Crippen LogP contribution < -0.4 is 5.32 Å². The van der Waals surface area contributed by atoms with E-state index in [4.69, 9.17) is 16.6 Å². The van der Waals surface area contributed by atoms with Crippen LogP contribution in [0.25, 0.3) is 10.9 Å². The summed E-state index contributed by atoms with van der Waals surface area (Å²) in [7, 11) is 0. The largest absolute Gasteiger partial charge is 0.384 e. The molecule has 1 N–H and O–H groups in total. The van der Waals surface area contributed by atoms with Gasteiger partial charge in [0.25, 0.3) is 0 Å². The first-order valence-electron chi connectivity index (χ1n) is 8.03. The average molecular weight is 303 g/mol. The third kappa shape index (κ3) is 3.01. The van der Waals surface area contributed by atoms with Gasteiger partial charge in [0.1, 0.15) is 0 Å². The second kappa shape index (κ2) is 6.23. The molecule has 2 nitrogen and oxygen atoms in total. The number of benzene rings is 1. The summed E-state index contributed by atoms with van der Waals surface area (Å²) in [6.07, 6.45) is 6.28. The zero-order valence-corrected chi connectivity index (χ0v) is 13.6. The van der Waals surface area contributed by atoms with Gasteiger partial charge in [-0.2, -0.15) is 0 Å². The van der Waals surface area contributed by atoms with Gasteiger partial charge in [-0.05, 0) is 49.9 Å². The Labute approximate surface area is 131 Å². The monoisotopic (exact) mass is 302 g/mol. The molecule has 21 heavy (non-hydrogen) atoms. The second-order valence-electron chi connectivity index (χ2n) is 6.15. The number of rotatable bonds is 4. The lowest BCUT2D eigenvalue weighted by molar-refractivity contribution is 0.701. The highest BCUT2D eigenvalue weighted by Gasteiger charge is 2.20. The summed E-state index contributed by atoms with van der Waals surface area (Å²) in [4.78, 5) is 4.89. The molecule has 1 saturated carbocycles. The minimum Gasteiger partial charge on any atom is -0.384 e. The van der Waals surface area contributed by atoms with Crippen molar-refractivity contribution in [3.05, 3.63) is 34.5 Å². The second-order valence-corrected chi connectivity index (χ2v) is 6.55. The molecule has 3 rings (SSSR count). The standard InChI is InChI=1S/C18H23ClN2/c1-3-8-20-17-11-16(13-6-4-5-7-13)21-18-14(17)9-12(2)10-15(18)19/h9-11,13H,3-8H2,1-2H3,(H,20,21). The summed E-state index contributed by atoms with van der Waals surface area (Å²) < 4.78 is 0. The normalized spacial score (nSPS) is 15.8. The van der Waals surface area contributed by atoms with Crippen molar-refractivity contribution in [3.63, 3.8) is 0 Å². The van der Waals surface area contributed by atoms with Crippen molar-refractivity contribution < 1.29 is 0 Å². The first kappa shape index (κ1) is 14.6. The first-order valence-corrected chi connectivity index (χ1v) is 8.41. The molecule has 0 amide bonds. The van der Waals surface area contributed by atoms with Crippen LogP contribution in [0.4, 0.5) is 5.69 Å². The molecule has 3 heteroatoms. The van der Waals surface area contributed by atoms with E-state index >= 15 is 0 Å². The molecule has 1 aliphatic rings. The fourth-order valence-corrected chi connectivity index (χ4v) is 3.59. The van der Waals surface area contributed by atoms with Crippen LogP contribution in [0.3, 0.4) is 0 Å². The van der Waals surface area contributed by atoms with Crippen molar-refractivity contribution in [2.45, 2.75) is 51.9 Å². The van der Waals surface area contributed by atoms with Crippen LogP contribution in [0.5, 0.6) is 0 Å². The van der Waals surface area contributed by atoms with Gasteiger partial charge in [-0.15, -0.1) is 0 Å². The van der Waals surface area contributed by atoms with Crippen LogP contribution in [0, 0.1) is 6.92 Å². The van der Waals surface area contributed by atoms with Crippen LogP contribution in [0.1, 0.15) is 56.2 Å². The van der Waals surface area contributed by atoms with E-state index in [0.29, 0.717) is 5.92 Å². The SMILES string of the molecule is CCCNc1cc(C2CCCC2)nc2c(Cl)cc(C)cc12. The number of nitrogens with one attached hydrogen (secondary N) is 1. The molecule has 0 spiro atoms. The molecule has 0 bridgehead atoms. The summed E-state index contributed by atoms with van der Waals surface area (Å²) in [5.74, 6) is 0.606. The number of halogens is 1. The molecular formula is C18H23ClN2. The minimum absolute atomic E-state index is 0.606. The maximum absolute atomic E-state index is 6.46. The van der Waals surface area contributed by atoms with Gasteiger partial charge in [0, 0.05) is 29.2 Å². The molecular weight excluding hydrogens is 280 g/mol. The summed E-state index contributed by atoms with van der Waals surface area (Å²) in [5.41, 5.74) is 4.53. The molecule has 1 aromatic carbocycles. The molecule has 1 aliphatic carbocycles. The topological polar surface area (TPSA) is 24.9 Å². The summed E-state index contributed by atoms with van der Waals surface area (Å²) >= 11 is 6.46. The van der Waals surface area contributed by atoms with Gasteiger partial charge in [-0.1, -0.05) is 31.4 Å². The number of nitrogens with zero attached hydrogens (tertiary/aromatic N) is 1. The number of aryl methyl sites for hydroxylation is 1. The van der Waals surface area contributed by atoms with E-state index in [1.165, 1.54) is 42.6 Å². The van der Waals surface area contributed by atoms with E-state index in [-0.39, 0.29) is 0 Å². The van der Waals surface area contributed by atoms with E-state index in [2.05, 4.69) is 31.3 Å². The lowest BCUT2D eigenvalue weighted by atomic mass is 10.0. The lowest BCUT2D eigenvalue weighted by Gasteiger charge is -2.16. The zero-order valence-electron chi connectivity index (χ0n) is 12.9. The van der Waals surface area contributed by atoms with Crippen LogP contribution in [-0.4, -0.2) is 11.5 Å². The van der Waals surface area contributed by atoms with Gasteiger partial charge < -0.3 is 5.32 Å². The van der Waals surface area contributed by atoms with Gasteiger partial charge in [0.15, 0.2) is 0 Å². The predicted octanol–water partition coefficient (Wildman–Crippen LogP) is 5.68. The third-order valence-electron chi connectivity index (χ3n) is 4.37. The molecule has 0 radical (unpaired) electrons. The summed E-state index contributed by atoms with van der Waals surface area (Å²) in [5, 5.41) is 5.47. The zero-order chi connectivity index (χ0) is 14.8. The van der Waals surface area contributed by atoms with E-state index < -0.39 is 0 Å². The molecule has 1 fully saturated rings. The Kier molecular flexibility index (Phi) is 4.34. The average Bonchev–Trinajstić information content (AvgIpc) is 2.99. The maximum Gasteiger partial charge on any atom is 0.0912 e. The van der Waals surface area contributed by atoms with Crippen LogP contribution in [-0.2, 0) is 0 Å². The number of aromatic nitrogens is 1. The molecule has 1 aromatic heterocycles. The Morgan fingerprint density at radius 1 is 1.24 bits per heavy atom. The van der Waals surface area contributed by atoms with E-state index in [1.54, 1.807) is 0 Å². The Balaban J connectivity index is 2.13. The van der Waals surface area contributed by atoms with Crippen molar-refractivity contribution in [1.29, 1.82) is 0 Å². The number of fused-ring (bicyclic) bond motifs is 1. The van der Waals surface area contributed by atoms with Gasteiger partial charge in [-0.25, -0.2) is 0 Å². The van der Waals surface area contributed by atoms with Crippen molar-refractivity contribution in [3.8, 4) is 0 Å². The summed E-state index contributed by atoms with van der Waals surface area (Å²) in [6.45, 7) is 5.25. The van der Waals surface area contributed by atoms with Gasteiger partial charge in [0.2, 0.25) is 0 Å². The van der Waals surface area contributed by atoms with E-state index in [9.17, 15) is 0 Å². The van der Waals surface area contributed by atoms with Crippen LogP contribution in [0.15, 0.2) is 18.2 Å². The maximum atomic E-state index is 6.46. The fraction of sp³-hybridized carbons (Fsp3) is 0.500. The highest BCUT2D eigenvalue weighted by molar-refractivity contribution is 6.35. The number of hydrogen-bond acceptors (Lipinski definition) is 2. The summed E-state index contributed by atoms with van der Waals surface area (Å²) in [6, 6.07) is 6.45. The highest BCUT2D eigenvalue weighted by atomic mass is 35.5. The van der Waals surface area contributed by atoms with Gasteiger partial charge >= 0.3 is 0 Å². The highest BCUT2D eigenvalue weighted by Crippen LogP contribution is 2.37. The lowest BCUT2D eigenvalue weighted by Crippen LogP contribution is -2.05. The molecule has 0 unspecified atom stereocenters. The van der Waals surface area contributed by atoms with E-state index in [1.807, 2.05) is 6.07 Å². The Bertz CT molecular complexity index is 645. The van der Waals surface area contributed by atoms with Gasteiger partial charge in [-0.3, -0.25) is 4.98 Å². The Morgan fingerprint density at radius 2 is 2.00 bits per heavy atom. The number of pyridine rings is 1. The first-order chi connectivity index (χ1) is 10.2. The molecule has 0 aliphatic heterocycles. The molecule has 2 aromatic rings. The minimum atomic E-state index is 0.606. The number of anilines is 1. The van der Waals surface area contributed by atoms with Crippen molar-refractivity contribution in [2.24, 2.45) is 0 Å². The molecule has 1 heterocycles. The Morgan fingerprint density at radius 3 is 2.71 bits per heavy atom. The molecule has 0 saturated heterocycles. The molecule has 112 valence electrons. The number of hydrogen-bond donors (Lipinski definition) is 1. The third-order valence-corrected chi connectivity index (χ3v) is 4.66. The van der Waals surface area contributed by atoms with Crippen molar-refractivity contribution in [1.82, 2.24) is 4.98 Å². The van der Waals surface area contributed by atoms with Gasteiger partial charge in [0.05, 0.1) is 10.5 Å². The van der Waals surface area contributed by atoms with Crippen LogP contribution >= 0.6 is 11.6 Å².